The summed E-state index contributed by atoms with van der Waals surface area (Å²) in [6.45, 7) is 1.26. The Morgan fingerprint density at radius 3 is 2.00 bits per heavy atom. The van der Waals surface area contributed by atoms with Gasteiger partial charge in [0, 0.05) is 19.6 Å². The lowest BCUT2D eigenvalue weighted by Gasteiger charge is -2.29. The van der Waals surface area contributed by atoms with Crippen LogP contribution in [0.15, 0.2) is 78.9 Å². The predicted octanol–water partition coefficient (Wildman–Crippen LogP) is 4.60. The molecule has 1 unspecified atom stereocenters. The number of esters is 1. The van der Waals surface area contributed by atoms with E-state index in [2.05, 4.69) is 0 Å². The number of methoxy groups -OCH3 is 2. The molecule has 0 bridgehead atoms. The Morgan fingerprint density at radius 2 is 1.38 bits per heavy atom. The van der Waals surface area contributed by atoms with Crippen LogP contribution in [-0.2, 0) is 14.3 Å². The molecule has 0 aliphatic heterocycles. The van der Waals surface area contributed by atoms with Crippen molar-refractivity contribution < 1.29 is 28.6 Å². The molecule has 0 aromatic heterocycles. The van der Waals surface area contributed by atoms with Crippen LogP contribution in [0.2, 0.25) is 0 Å². The quantitative estimate of drug-likeness (QED) is 0.400. The molecule has 7 nitrogen and oxygen atoms in total. The Kier molecular flexibility index (Phi) is 7.36. The maximum Gasteiger partial charge on any atom is 0.338 e. The van der Waals surface area contributed by atoms with Crippen LogP contribution in [0.5, 0.6) is 11.5 Å². The molecule has 0 fully saturated rings. The number of hydrogen-bond acceptors (Lipinski definition) is 6. The van der Waals surface area contributed by atoms with Gasteiger partial charge < -0.3 is 14.2 Å². The van der Waals surface area contributed by atoms with E-state index in [9.17, 15) is 14.4 Å². The number of para-hydroxylation sites is 2. The summed E-state index contributed by atoms with van der Waals surface area (Å²) in [7, 11) is 2.61. The van der Waals surface area contributed by atoms with Crippen molar-refractivity contribution in [3.63, 3.8) is 0 Å². The van der Waals surface area contributed by atoms with E-state index in [1.54, 1.807) is 60.7 Å². The maximum absolute atomic E-state index is 13.6. The first-order chi connectivity index (χ1) is 15.5. The third-order valence-corrected chi connectivity index (χ3v) is 4.74. The number of ether oxygens (including phenoxy) is 3. The Hall–Kier alpha value is -3.97. The number of amides is 2. The second-order valence-corrected chi connectivity index (χ2v) is 6.77. The molecule has 0 aliphatic rings. The topological polar surface area (TPSA) is 82.1 Å². The first-order valence-corrected chi connectivity index (χ1v) is 9.84. The van der Waals surface area contributed by atoms with E-state index in [1.807, 2.05) is 18.2 Å². The highest BCUT2D eigenvalue weighted by atomic mass is 16.5. The molecular formula is C25H23NO6. The molecule has 2 amide bonds. The average molecular weight is 433 g/mol. The predicted molar refractivity (Wildman–Crippen MR) is 117 cm³/mol. The molecule has 0 radical (unpaired) electrons. The van der Waals surface area contributed by atoms with Crippen LogP contribution in [0.3, 0.4) is 0 Å². The summed E-state index contributed by atoms with van der Waals surface area (Å²) < 4.78 is 16.3. The smallest absolute Gasteiger partial charge is 0.338 e. The molecule has 0 aliphatic carbocycles. The number of carbonyl (C=O) groups excluding carboxylic acids is 3. The first-order valence-electron chi connectivity index (χ1n) is 9.84. The Bertz CT molecular complexity index is 1110. The van der Waals surface area contributed by atoms with E-state index in [0.29, 0.717) is 11.3 Å². The molecule has 0 heterocycles. The number of carbonyl (C=O) groups is 3. The Balaban J connectivity index is 2.04. The average Bonchev–Trinajstić information content (AvgIpc) is 2.82. The fraction of sp³-hybridized carbons (Fsp3) is 0.160. The summed E-state index contributed by atoms with van der Waals surface area (Å²) in [6, 6.07) is 22.1. The molecule has 32 heavy (non-hydrogen) atoms. The van der Waals surface area contributed by atoms with Gasteiger partial charge in [0.1, 0.15) is 11.5 Å². The van der Waals surface area contributed by atoms with Crippen molar-refractivity contribution in [1.82, 2.24) is 4.90 Å². The number of imide groups is 1. The SMILES string of the molecule is COC(=O)c1ccccc1C(OC)N(C(C)=O)C(=O)c1ccccc1Oc1ccccc1. The van der Waals surface area contributed by atoms with Crippen LogP contribution in [0.25, 0.3) is 0 Å². The fourth-order valence-electron chi connectivity index (χ4n) is 3.27. The summed E-state index contributed by atoms with van der Waals surface area (Å²) in [6.07, 6.45) is -1.15. The summed E-state index contributed by atoms with van der Waals surface area (Å²) in [5, 5.41) is 0. The lowest BCUT2D eigenvalue weighted by Crippen LogP contribution is -2.40. The lowest BCUT2D eigenvalue weighted by molar-refractivity contribution is -0.136. The van der Waals surface area contributed by atoms with Crippen molar-refractivity contribution in [2.45, 2.75) is 13.2 Å². The third kappa shape index (κ3) is 4.84. The van der Waals surface area contributed by atoms with Gasteiger partial charge in [0.25, 0.3) is 5.91 Å². The van der Waals surface area contributed by atoms with Gasteiger partial charge in [-0.1, -0.05) is 48.5 Å². The highest BCUT2D eigenvalue weighted by Gasteiger charge is 2.33. The normalized spacial score (nSPS) is 11.3. The van der Waals surface area contributed by atoms with Gasteiger partial charge in [-0.05, 0) is 30.3 Å². The van der Waals surface area contributed by atoms with Crippen LogP contribution < -0.4 is 4.74 Å². The summed E-state index contributed by atoms with van der Waals surface area (Å²) >= 11 is 0. The van der Waals surface area contributed by atoms with E-state index in [1.165, 1.54) is 21.1 Å². The highest BCUT2D eigenvalue weighted by molar-refractivity contribution is 6.06. The van der Waals surface area contributed by atoms with Gasteiger partial charge in [-0.25, -0.2) is 9.69 Å². The van der Waals surface area contributed by atoms with Gasteiger partial charge in [0.15, 0.2) is 6.23 Å². The molecule has 0 saturated heterocycles. The monoisotopic (exact) mass is 433 g/mol. The second kappa shape index (κ2) is 10.4. The van der Waals surface area contributed by atoms with Crippen LogP contribution in [0.1, 0.15) is 39.4 Å². The van der Waals surface area contributed by atoms with Gasteiger partial charge in [0.2, 0.25) is 5.91 Å². The zero-order valence-corrected chi connectivity index (χ0v) is 18.0. The third-order valence-electron chi connectivity index (χ3n) is 4.74. The molecule has 3 aromatic carbocycles. The maximum atomic E-state index is 13.6. The van der Waals surface area contributed by atoms with E-state index < -0.39 is 24.0 Å². The lowest BCUT2D eigenvalue weighted by atomic mass is 10.0. The number of nitrogens with zero attached hydrogens (tertiary/aromatic N) is 1. The number of rotatable bonds is 7. The first kappa shape index (κ1) is 22.7. The molecule has 164 valence electrons. The van der Waals surface area contributed by atoms with E-state index >= 15 is 0 Å². The molecule has 0 spiro atoms. The van der Waals surface area contributed by atoms with Crippen molar-refractivity contribution in [3.8, 4) is 11.5 Å². The molecule has 0 saturated carbocycles. The van der Waals surface area contributed by atoms with Crippen LogP contribution in [0.4, 0.5) is 0 Å². The Morgan fingerprint density at radius 1 is 0.781 bits per heavy atom. The van der Waals surface area contributed by atoms with Gasteiger partial charge in [-0.15, -0.1) is 0 Å². The summed E-state index contributed by atoms with van der Waals surface area (Å²) in [5.41, 5.74) is 0.686. The molecule has 7 heteroatoms. The highest BCUT2D eigenvalue weighted by Crippen LogP contribution is 2.31. The zero-order valence-electron chi connectivity index (χ0n) is 18.0. The van der Waals surface area contributed by atoms with Gasteiger partial charge >= 0.3 is 5.97 Å². The van der Waals surface area contributed by atoms with Gasteiger partial charge in [-0.2, -0.15) is 0 Å². The fourth-order valence-corrected chi connectivity index (χ4v) is 3.27. The second-order valence-electron chi connectivity index (χ2n) is 6.77. The van der Waals surface area contributed by atoms with Crippen LogP contribution in [0, 0.1) is 0 Å². The minimum atomic E-state index is -1.15. The largest absolute Gasteiger partial charge is 0.465 e. The molecule has 1 atom stereocenters. The number of benzene rings is 3. The van der Waals surface area contributed by atoms with Crippen molar-refractivity contribution >= 4 is 17.8 Å². The van der Waals surface area contributed by atoms with Crippen LogP contribution >= 0.6 is 0 Å². The van der Waals surface area contributed by atoms with Crippen molar-refractivity contribution in [2.75, 3.05) is 14.2 Å². The van der Waals surface area contributed by atoms with Crippen molar-refractivity contribution in [2.24, 2.45) is 0 Å². The minimum absolute atomic E-state index is 0.171. The van der Waals surface area contributed by atoms with E-state index in [4.69, 9.17) is 14.2 Å². The van der Waals surface area contributed by atoms with E-state index in [0.717, 1.165) is 4.90 Å². The summed E-state index contributed by atoms with van der Waals surface area (Å²) in [4.78, 5) is 39.4. The van der Waals surface area contributed by atoms with Crippen molar-refractivity contribution in [3.05, 3.63) is 95.6 Å². The summed E-state index contributed by atoms with van der Waals surface area (Å²) in [5.74, 6) is -0.967. The van der Waals surface area contributed by atoms with Gasteiger partial charge in [-0.3, -0.25) is 9.59 Å². The van der Waals surface area contributed by atoms with Crippen molar-refractivity contribution in [1.29, 1.82) is 0 Å². The van der Waals surface area contributed by atoms with E-state index in [-0.39, 0.29) is 16.9 Å². The zero-order chi connectivity index (χ0) is 23.1. The number of hydrogen-bond donors (Lipinski definition) is 0. The molecule has 3 rings (SSSR count). The molecule has 0 N–H and O–H groups in total. The standard InChI is InChI=1S/C25H23NO6/c1-17(27)26(24(30-2)19-13-7-8-14-20(19)25(29)31-3)23(28)21-15-9-10-16-22(21)32-18-11-5-4-6-12-18/h4-16,24H,1-3H3. The molecular weight excluding hydrogens is 410 g/mol. The van der Waals surface area contributed by atoms with Crippen LogP contribution in [-0.4, -0.2) is 36.9 Å². The molecule has 3 aromatic rings. The Labute approximate surface area is 186 Å². The minimum Gasteiger partial charge on any atom is -0.465 e. The van der Waals surface area contributed by atoms with Gasteiger partial charge in [0.05, 0.1) is 18.2 Å².